The lowest BCUT2D eigenvalue weighted by Gasteiger charge is -2.30. The highest BCUT2D eigenvalue weighted by Gasteiger charge is 2.31. The summed E-state index contributed by atoms with van der Waals surface area (Å²) in [7, 11) is -2.12. The van der Waals surface area contributed by atoms with E-state index < -0.39 is 15.6 Å². The summed E-state index contributed by atoms with van der Waals surface area (Å²) in [5, 5.41) is 9.42. The SMILES string of the molecule is CCC(CC)(CO)NS(=O)(=O)c1ccc(OC)cc1. The van der Waals surface area contributed by atoms with Crippen molar-refractivity contribution in [3.63, 3.8) is 0 Å². The van der Waals surface area contributed by atoms with E-state index in [2.05, 4.69) is 4.72 Å². The van der Waals surface area contributed by atoms with Gasteiger partial charge in [-0.15, -0.1) is 0 Å². The fraction of sp³-hybridized carbons (Fsp3) is 0.538. The Morgan fingerprint density at radius 3 is 2.11 bits per heavy atom. The van der Waals surface area contributed by atoms with E-state index in [0.717, 1.165) is 0 Å². The summed E-state index contributed by atoms with van der Waals surface area (Å²) < 4.78 is 32.1. The van der Waals surface area contributed by atoms with E-state index in [4.69, 9.17) is 4.74 Å². The largest absolute Gasteiger partial charge is 0.497 e. The van der Waals surface area contributed by atoms with Gasteiger partial charge in [-0.2, -0.15) is 0 Å². The Labute approximate surface area is 114 Å². The van der Waals surface area contributed by atoms with Gasteiger partial charge in [-0.1, -0.05) is 13.8 Å². The van der Waals surface area contributed by atoms with Crippen molar-refractivity contribution in [1.82, 2.24) is 4.72 Å². The quantitative estimate of drug-likeness (QED) is 0.797. The molecule has 5 nitrogen and oxygen atoms in total. The maximum absolute atomic E-state index is 12.3. The van der Waals surface area contributed by atoms with Crippen molar-refractivity contribution in [2.24, 2.45) is 0 Å². The Bertz CT molecular complexity index is 484. The number of aliphatic hydroxyl groups excluding tert-OH is 1. The fourth-order valence-corrected chi connectivity index (χ4v) is 3.28. The molecule has 0 radical (unpaired) electrons. The molecule has 0 heterocycles. The summed E-state index contributed by atoms with van der Waals surface area (Å²) in [5.41, 5.74) is -0.807. The lowest BCUT2D eigenvalue weighted by atomic mass is 9.96. The molecule has 0 bridgehead atoms. The zero-order valence-corrected chi connectivity index (χ0v) is 12.3. The van der Waals surface area contributed by atoms with Crippen molar-refractivity contribution in [1.29, 1.82) is 0 Å². The van der Waals surface area contributed by atoms with Gasteiger partial charge in [0, 0.05) is 0 Å². The van der Waals surface area contributed by atoms with Gasteiger partial charge in [-0.05, 0) is 37.1 Å². The first-order valence-corrected chi connectivity index (χ1v) is 7.70. The molecule has 19 heavy (non-hydrogen) atoms. The van der Waals surface area contributed by atoms with Gasteiger partial charge in [0.15, 0.2) is 0 Å². The van der Waals surface area contributed by atoms with Crippen LogP contribution in [0.4, 0.5) is 0 Å². The molecule has 0 amide bonds. The van der Waals surface area contributed by atoms with Crippen molar-refractivity contribution in [2.75, 3.05) is 13.7 Å². The first kappa shape index (κ1) is 15.9. The predicted octanol–water partition coefficient (Wildman–Crippen LogP) is 1.52. The highest BCUT2D eigenvalue weighted by Crippen LogP contribution is 2.21. The summed E-state index contributed by atoms with van der Waals surface area (Å²) in [6.45, 7) is 3.46. The maximum Gasteiger partial charge on any atom is 0.241 e. The molecule has 0 spiro atoms. The van der Waals surface area contributed by atoms with E-state index >= 15 is 0 Å². The Hall–Kier alpha value is -1.11. The number of sulfonamides is 1. The molecular weight excluding hydrogens is 266 g/mol. The summed E-state index contributed by atoms with van der Waals surface area (Å²) in [6, 6.07) is 6.14. The monoisotopic (exact) mass is 287 g/mol. The Morgan fingerprint density at radius 2 is 1.74 bits per heavy atom. The topological polar surface area (TPSA) is 75.6 Å². The highest BCUT2D eigenvalue weighted by molar-refractivity contribution is 7.89. The molecule has 1 rings (SSSR count). The van der Waals surface area contributed by atoms with Gasteiger partial charge in [0.25, 0.3) is 0 Å². The zero-order chi connectivity index (χ0) is 14.5. The van der Waals surface area contributed by atoms with E-state index in [1.54, 1.807) is 12.1 Å². The minimum absolute atomic E-state index is 0.160. The second-order valence-electron chi connectivity index (χ2n) is 4.43. The molecule has 1 aromatic rings. The lowest BCUT2D eigenvalue weighted by Crippen LogP contribution is -2.50. The first-order valence-electron chi connectivity index (χ1n) is 6.22. The van der Waals surface area contributed by atoms with Gasteiger partial charge < -0.3 is 9.84 Å². The number of hydrogen-bond acceptors (Lipinski definition) is 4. The van der Waals surface area contributed by atoms with Gasteiger partial charge in [0.1, 0.15) is 5.75 Å². The van der Waals surface area contributed by atoms with Crippen LogP contribution in [0, 0.1) is 0 Å². The Balaban J connectivity index is 3.03. The molecule has 2 N–H and O–H groups in total. The molecule has 0 aliphatic rings. The van der Waals surface area contributed by atoms with Crippen LogP contribution in [0.1, 0.15) is 26.7 Å². The van der Waals surface area contributed by atoms with Crippen LogP contribution in [0.3, 0.4) is 0 Å². The molecule has 6 heteroatoms. The molecule has 1 aromatic carbocycles. The van der Waals surface area contributed by atoms with E-state index in [1.165, 1.54) is 19.2 Å². The molecule has 0 atom stereocenters. The molecule has 0 aromatic heterocycles. The average molecular weight is 287 g/mol. The summed E-state index contributed by atoms with van der Waals surface area (Å²) >= 11 is 0. The maximum atomic E-state index is 12.3. The van der Waals surface area contributed by atoms with Crippen molar-refractivity contribution in [3.8, 4) is 5.75 Å². The van der Waals surface area contributed by atoms with E-state index in [0.29, 0.717) is 18.6 Å². The standard InChI is InChI=1S/C13H21NO4S/c1-4-13(5-2,10-15)14-19(16,17)12-8-6-11(18-3)7-9-12/h6-9,14-15H,4-5,10H2,1-3H3. The number of aliphatic hydroxyl groups is 1. The molecule has 0 fully saturated rings. The van der Waals surface area contributed by atoms with Crippen molar-refractivity contribution < 1.29 is 18.3 Å². The smallest absolute Gasteiger partial charge is 0.241 e. The van der Waals surface area contributed by atoms with Crippen molar-refractivity contribution >= 4 is 10.0 Å². The third kappa shape index (κ3) is 3.68. The number of methoxy groups -OCH3 is 1. The summed E-state index contributed by atoms with van der Waals surface area (Å²) in [5.74, 6) is 0.596. The van der Waals surface area contributed by atoms with Crippen LogP contribution in [0.2, 0.25) is 0 Å². The van der Waals surface area contributed by atoms with E-state index in [9.17, 15) is 13.5 Å². The second kappa shape index (κ2) is 6.36. The van der Waals surface area contributed by atoms with E-state index in [-0.39, 0.29) is 11.5 Å². The van der Waals surface area contributed by atoms with Crippen LogP contribution in [-0.2, 0) is 10.0 Å². The third-order valence-electron chi connectivity index (χ3n) is 3.38. The van der Waals surface area contributed by atoms with Crippen LogP contribution in [0.15, 0.2) is 29.2 Å². The van der Waals surface area contributed by atoms with Crippen LogP contribution in [0.25, 0.3) is 0 Å². The van der Waals surface area contributed by atoms with Crippen LogP contribution >= 0.6 is 0 Å². The number of ether oxygens (including phenoxy) is 1. The number of benzene rings is 1. The van der Waals surface area contributed by atoms with E-state index in [1.807, 2.05) is 13.8 Å². The Morgan fingerprint density at radius 1 is 1.21 bits per heavy atom. The number of rotatable bonds is 7. The second-order valence-corrected chi connectivity index (χ2v) is 6.11. The minimum Gasteiger partial charge on any atom is -0.497 e. The van der Waals surface area contributed by atoms with Crippen LogP contribution < -0.4 is 9.46 Å². The Kier molecular flexibility index (Phi) is 5.34. The molecule has 0 aliphatic carbocycles. The summed E-state index contributed by atoms with van der Waals surface area (Å²) in [4.78, 5) is 0.160. The average Bonchev–Trinajstić information content (AvgIpc) is 2.45. The van der Waals surface area contributed by atoms with Crippen molar-refractivity contribution in [3.05, 3.63) is 24.3 Å². The summed E-state index contributed by atoms with van der Waals surface area (Å²) in [6.07, 6.45) is 1.05. The molecule has 108 valence electrons. The first-order chi connectivity index (χ1) is 8.93. The predicted molar refractivity (Wildman–Crippen MR) is 73.7 cm³/mol. The molecular formula is C13H21NO4S. The third-order valence-corrected chi connectivity index (χ3v) is 4.97. The highest BCUT2D eigenvalue weighted by atomic mass is 32.2. The van der Waals surface area contributed by atoms with Crippen LogP contribution in [0.5, 0.6) is 5.75 Å². The lowest BCUT2D eigenvalue weighted by molar-refractivity contribution is 0.172. The van der Waals surface area contributed by atoms with Gasteiger partial charge in [0.2, 0.25) is 10.0 Å². The zero-order valence-electron chi connectivity index (χ0n) is 11.5. The molecule has 0 unspecified atom stereocenters. The van der Waals surface area contributed by atoms with Gasteiger partial charge in [0.05, 0.1) is 24.2 Å². The fourth-order valence-electron chi connectivity index (χ4n) is 1.75. The number of hydrogen-bond donors (Lipinski definition) is 2. The molecule has 0 saturated carbocycles. The number of nitrogens with one attached hydrogen (secondary N) is 1. The van der Waals surface area contributed by atoms with Crippen molar-refractivity contribution in [2.45, 2.75) is 37.1 Å². The molecule has 0 aliphatic heterocycles. The van der Waals surface area contributed by atoms with Gasteiger partial charge >= 0.3 is 0 Å². The van der Waals surface area contributed by atoms with Gasteiger partial charge in [-0.25, -0.2) is 13.1 Å². The van der Waals surface area contributed by atoms with Crippen LogP contribution in [-0.4, -0.2) is 32.8 Å². The molecule has 0 saturated heterocycles. The minimum atomic E-state index is -3.64. The normalized spacial score (nSPS) is 12.4. The van der Waals surface area contributed by atoms with Gasteiger partial charge in [-0.3, -0.25) is 0 Å².